The van der Waals surface area contributed by atoms with Crippen LogP contribution in [-0.4, -0.2) is 14.2 Å². The number of methoxy groups -OCH3 is 2. The van der Waals surface area contributed by atoms with Gasteiger partial charge in [0, 0.05) is 0 Å². The van der Waals surface area contributed by atoms with Crippen LogP contribution < -0.4 is 0 Å². The van der Waals surface area contributed by atoms with Gasteiger partial charge in [0.2, 0.25) is 0 Å². The normalized spacial score (nSPS) is 10.9. The molecule has 0 aliphatic rings. The second-order valence-corrected chi connectivity index (χ2v) is 0.877. The maximum Gasteiger partial charge on any atom is 0.365 e. The fraction of sp³-hybridized carbons (Fsp3) is 0.500. The average molecular weight is 103 g/mol. The minimum atomic E-state index is -0.470. The summed E-state index contributed by atoms with van der Waals surface area (Å²) in [4.78, 5) is 0. The Balaban J connectivity index is 3.29. The number of rotatable bonds is 2. The lowest BCUT2D eigenvalue weighted by Gasteiger charge is -1.88. The minimum absolute atomic E-state index is 0.470. The first-order valence-corrected chi connectivity index (χ1v) is 1.75. The van der Waals surface area contributed by atoms with Crippen molar-refractivity contribution in [1.29, 1.82) is 0 Å². The van der Waals surface area contributed by atoms with Gasteiger partial charge < -0.3 is 9.47 Å². The Hall–Kier alpha value is -0.860. The molecule has 0 bridgehead atoms. The minimum Gasteiger partial charge on any atom is -0.497 e. The molecular formula is C4H7O3. The molecule has 3 nitrogen and oxygen atoms in total. The molecule has 3 heteroatoms. The molecule has 0 fully saturated rings. The molecule has 0 aromatic carbocycles. The highest BCUT2D eigenvalue weighted by atomic mass is 16.6. The first-order chi connectivity index (χ1) is 3.31. The molecular weight excluding hydrogens is 96.0 g/mol. The van der Waals surface area contributed by atoms with Gasteiger partial charge in [0.05, 0.1) is 14.2 Å². The predicted octanol–water partition coefficient (Wildman–Crippen LogP) is 0.509. The third kappa shape index (κ3) is 2.96. The summed E-state index contributed by atoms with van der Waals surface area (Å²) >= 11 is 0. The van der Waals surface area contributed by atoms with Crippen LogP contribution in [0.2, 0.25) is 0 Å². The van der Waals surface area contributed by atoms with Gasteiger partial charge >= 0.3 is 5.95 Å². The summed E-state index contributed by atoms with van der Waals surface area (Å²) in [5, 5.41) is 10.0. The fourth-order valence-corrected chi connectivity index (χ4v) is 0.144. The quantitative estimate of drug-likeness (QED) is 0.477. The summed E-state index contributed by atoms with van der Waals surface area (Å²) in [6.45, 7) is 0. The van der Waals surface area contributed by atoms with E-state index in [2.05, 4.69) is 9.47 Å². The maximum absolute atomic E-state index is 10.0. The van der Waals surface area contributed by atoms with Crippen molar-refractivity contribution >= 4 is 0 Å². The molecule has 0 atom stereocenters. The molecule has 0 saturated heterocycles. The van der Waals surface area contributed by atoms with Crippen molar-refractivity contribution in [1.82, 2.24) is 0 Å². The van der Waals surface area contributed by atoms with E-state index in [1.807, 2.05) is 0 Å². The van der Waals surface area contributed by atoms with Crippen LogP contribution in [-0.2, 0) is 14.6 Å². The lowest BCUT2D eigenvalue weighted by Crippen LogP contribution is -1.81. The predicted molar refractivity (Wildman–Crippen MR) is 22.8 cm³/mol. The van der Waals surface area contributed by atoms with Gasteiger partial charge in [-0.15, -0.1) is 0 Å². The van der Waals surface area contributed by atoms with Crippen molar-refractivity contribution in [3.05, 3.63) is 12.2 Å². The van der Waals surface area contributed by atoms with E-state index in [1.54, 1.807) is 0 Å². The third-order valence-electron chi connectivity index (χ3n) is 0.415. The highest BCUT2D eigenvalue weighted by Gasteiger charge is 1.86. The molecule has 0 amide bonds. The fourth-order valence-electron chi connectivity index (χ4n) is 0.144. The van der Waals surface area contributed by atoms with Crippen LogP contribution in [0, 0.1) is 0 Å². The molecule has 0 aliphatic carbocycles. The Morgan fingerprint density at radius 2 is 2.14 bits per heavy atom. The SMILES string of the molecule is CO/C=C(/[O])OC. The van der Waals surface area contributed by atoms with E-state index >= 15 is 0 Å². The van der Waals surface area contributed by atoms with Crippen molar-refractivity contribution in [2.45, 2.75) is 0 Å². The number of hydrogen-bond acceptors (Lipinski definition) is 2. The van der Waals surface area contributed by atoms with Crippen LogP contribution in [0.3, 0.4) is 0 Å². The van der Waals surface area contributed by atoms with E-state index in [0.29, 0.717) is 0 Å². The summed E-state index contributed by atoms with van der Waals surface area (Å²) in [5.74, 6) is -0.470. The molecule has 0 aliphatic heterocycles. The molecule has 41 valence electrons. The van der Waals surface area contributed by atoms with Gasteiger partial charge in [0.25, 0.3) is 0 Å². The van der Waals surface area contributed by atoms with Crippen molar-refractivity contribution < 1.29 is 14.6 Å². The molecule has 7 heavy (non-hydrogen) atoms. The van der Waals surface area contributed by atoms with Crippen LogP contribution >= 0.6 is 0 Å². The molecule has 0 N–H and O–H groups in total. The topological polar surface area (TPSA) is 38.4 Å². The van der Waals surface area contributed by atoms with Crippen LogP contribution in [0.4, 0.5) is 0 Å². The summed E-state index contributed by atoms with van der Waals surface area (Å²) in [6, 6.07) is 0. The average Bonchev–Trinajstić information content (AvgIpc) is 1.68. The zero-order valence-corrected chi connectivity index (χ0v) is 4.30. The molecule has 0 saturated carbocycles. The van der Waals surface area contributed by atoms with Gasteiger partial charge in [-0.3, -0.25) is 0 Å². The second-order valence-electron chi connectivity index (χ2n) is 0.877. The monoisotopic (exact) mass is 103 g/mol. The Kier molecular flexibility index (Phi) is 2.92. The zero-order valence-electron chi connectivity index (χ0n) is 4.30. The van der Waals surface area contributed by atoms with Crippen LogP contribution in [0.25, 0.3) is 0 Å². The first kappa shape index (κ1) is 6.14. The Bertz CT molecular complexity index is 67.3. The highest BCUT2D eigenvalue weighted by Crippen LogP contribution is 1.86. The smallest absolute Gasteiger partial charge is 0.365 e. The van der Waals surface area contributed by atoms with E-state index in [0.717, 1.165) is 6.26 Å². The summed E-state index contributed by atoms with van der Waals surface area (Å²) in [6.07, 6.45) is 0.986. The molecule has 0 aromatic rings. The van der Waals surface area contributed by atoms with Crippen molar-refractivity contribution in [2.24, 2.45) is 0 Å². The van der Waals surface area contributed by atoms with E-state index in [9.17, 15) is 5.11 Å². The van der Waals surface area contributed by atoms with Crippen molar-refractivity contribution in [3.8, 4) is 0 Å². The maximum atomic E-state index is 10.0. The zero-order chi connectivity index (χ0) is 5.70. The lowest BCUT2D eigenvalue weighted by atomic mass is 11.0. The number of hydrogen-bond donors (Lipinski definition) is 0. The molecule has 0 heterocycles. The Morgan fingerprint density at radius 3 is 2.29 bits per heavy atom. The largest absolute Gasteiger partial charge is 0.497 e. The molecule has 0 rings (SSSR count). The van der Waals surface area contributed by atoms with Gasteiger partial charge in [-0.05, 0) is 0 Å². The second kappa shape index (κ2) is 3.33. The van der Waals surface area contributed by atoms with E-state index in [-0.39, 0.29) is 0 Å². The van der Waals surface area contributed by atoms with Crippen LogP contribution in [0.15, 0.2) is 12.2 Å². The van der Waals surface area contributed by atoms with Gasteiger partial charge in [-0.1, -0.05) is 0 Å². The van der Waals surface area contributed by atoms with Gasteiger partial charge in [-0.25, -0.2) is 5.11 Å². The van der Waals surface area contributed by atoms with Crippen LogP contribution in [0.5, 0.6) is 0 Å². The van der Waals surface area contributed by atoms with Gasteiger partial charge in [0.15, 0.2) is 6.26 Å². The van der Waals surface area contributed by atoms with E-state index in [1.165, 1.54) is 14.2 Å². The van der Waals surface area contributed by atoms with Gasteiger partial charge in [-0.2, -0.15) is 0 Å². The Morgan fingerprint density at radius 1 is 1.57 bits per heavy atom. The third-order valence-corrected chi connectivity index (χ3v) is 0.415. The van der Waals surface area contributed by atoms with Crippen LogP contribution in [0.1, 0.15) is 0 Å². The number of ether oxygens (including phenoxy) is 2. The highest BCUT2D eigenvalue weighted by molar-refractivity contribution is 4.68. The van der Waals surface area contributed by atoms with Crippen molar-refractivity contribution in [3.63, 3.8) is 0 Å². The summed E-state index contributed by atoms with van der Waals surface area (Å²) in [7, 11) is 2.68. The van der Waals surface area contributed by atoms with E-state index < -0.39 is 5.95 Å². The van der Waals surface area contributed by atoms with E-state index in [4.69, 9.17) is 0 Å². The molecule has 0 unspecified atom stereocenters. The summed E-state index contributed by atoms with van der Waals surface area (Å²) in [5.41, 5.74) is 0. The van der Waals surface area contributed by atoms with Gasteiger partial charge in [0.1, 0.15) is 0 Å². The Labute approximate surface area is 42.2 Å². The van der Waals surface area contributed by atoms with Crippen molar-refractivity contribution in [2.75, 3.05) is 14.2 Å². The molecule has 0 spiro atoms. The lowest BCUT2D eigenvalue weighted by molar-refractivity contribution is 0.0706. The first-order valence-electron chi connectivity index (χ1n) is 1.75. The molecule has 0 aromatic heterocycles. The summed E-state index contributed by atoms with van der Waals surface area (Å²) < 4.78 is 8.47. The molecule has 1 radical (unpaired) electrons. The standard InChI is InChI=1S/C4H7O3/c1-6-3-4(5)7-2/h3H,1-2H3/b4-3-.